The summed E-state index contributed by atoms with van der Waals surface area (Å²) in [5.41, 5.74) is 6.85. The Morgan fingerprint density at radius 2 is 1.31 bits per heavy atom. The molecule has 0 aliphatic heterocycles. The van der Waals surface area contributed by atoms with E-state index < -0.39 is 0 Å². The number of halogens is 2. The van der Waals surface area contributed by atoms with Crippen LogP contribution >= 0.6 is 24.0 Å². The topological polar surface area (TPSA) is 46.3 Å². The van der Waals surface area contributed by atoms with E-state index in [2.05, 4.69) is 6.92 Å². The van der Waals surface area contributed by atoms with Crippen LogP contribution in [0.2, 0.25) is 5.02 Å². The Morgan fingerprint density at radius 1 is 0.862 bits per heavy atom. The molecule has 29 heavy (non-hydrogen) atoms. The Kier molecular flexibility index (Phi) is 17.3. The van der Waals surface area contributed by atoms with Crippen LogP contribution < -0.4 is 5.73 Å². The molecule has 0 saturated heterocycles. The molecule has 0 aromatic heterocycles. The van der Waals surface area contributed by atoms with Crippen LogP contribution in [0.1, 0.15) is 107 Å². The highest BCUT2D eigenvalue weighted by Gasteiger charge is 2.12. The van der Waals surface area contributed by atoms with Gasteiger partial charge < -0.3 is 10.6 Å². The molecule has 0 heterocycles. The van der Waals surface area contributed by atoms with Crippen molar-refractivity contribution in [1.29, 1.82) is 0 Å². The minimum Gasteiger partial charge on any atom is -0.398 e. The van der Waals surface area contributed by atoms with Crippen LogP contribution in [0.4, 0.5) is 5.69 Å². The Labute approximate surface area is 190 Å². The zero-order valence-corrected chi connectivity index (χ0v) is 20.1. The number of hydrogen-bond acceptors (Lipinski definition) is 2. The van der Waals surface area contributed by atoms with Crippen LogP contribution in [0.3, 0.4) is 0 Å². The quantitative estimate of drug-likeness (QED) is 0.208. The Morgan fingerprint density at radius 3 is 1.76 bits per heavy atom. The molecular formula is C24H42Cl2N2O. The van der Waals surface area contributed by atoms with Crippen molar-refractivity contribution < 1.29 is 4.79 Å². The van der Waals surface area contributed by atoms with Gasteiger partial charge in [-0.25, -0.2) is 0 Å². The van der Waals surface area contributed by atoms with Crippen molar-refractivity contribution in [2.24, 2.45) is 0 Å². The van der Waals surface area contributed by atoms with Crippen molar-refractivity contribution in [2.45, 2.75) is 96.8 Å². The first-order valence-electron chi connectivity index (χ1n) is 11.4. The molecule has 0 aliphatic carbocycles. The van der Waals surface area contributed by atoms with Gasteiger partial charge in [0.05, 0.1) is 10.7 Å². The summed E-state index contributed by atoms with van der Waals surface area (Å²) in [5, 5.41) is 0.492. The summed E-state index contributed by atoms with van der Waals surface area (Å²) < 4.78 is 0. The summed E-state index contributed by atoms with van der Waals surface area (Å²) in [6, 6.07) is 5.08. The second-order valence-electron chi connectivity index (χ2n) is 8.06. The number of amides is 1. The lowest BCUT2D eigenvalue weighted by atomic mass is 10.0. The fraction of sp³-hybridized carbons (Fsp3) is 0.708. The van der Waals surface area contributed by atoms with Gasteiger partial charge in [-0.3, -0.25) is 4.79 Å². The number of rotatable bonds is 16. The maximum absolute atomic E-state index is 12.4. The van der Waals surface area contributed by atoms with Gasteiger partial charge in [-0.2, -0.15) is 0 Å². The third-order valence-corrected chi connectivity index (χ3v) is 5.78. The number of unbranched alkanes of at least 4 members (excludes halogenated alkanes) is 13. The molecule has 2 N–H and O–H groups in total. The van der Waals surface area contributed by atoms with E-state index in [-0.39, 0.29) is 18.3 Å². The highest BCUT2D eigenvalue weighted by Crippen LogP contribution is 2.20. The van der Waals surface area contributed by atoms with Crippen LogP contribution in [-0.4, -0.2) is 24.4 Å². The zero-order chi connectivity index (χ0) is 20.6. The van der Waals surface area contributed by atoms with Crippen LogP contribution in [-0.2, 0) is 0 Å². The standard InChI is InChI=1S/C24H41ClN2O.ClH/c1-3-4-5-6-7-8-9-10-11-12-13-14-15-16-19-27(2)24(28)21-17-18-22(25)23(26)20-21;/h17-18,20H,3-16,19,26H2,1-2H3;1H. The maximum Gasteiger partial charge on any atom is 0.253 e. The molecule has 0 fully saturated rings. The molecule has 0 atom stereocenters. The van der Waals surface area contributed by atoms with E-state index in [1.807, 2.05) is 7.05 Å². The zero-order valence-electron chi connectivity index (χ0n) is 18.6. The van der Waals surface area contributed by atoms with Crippen LogP contribution in [0.15, 0.2) is 18.2 Å². The normalized spacial score (nSPS) is 10.6. The van der Waals surface area contributed by atoms with Crippen LogP contribution in [0.25, 0.3) is 0 Å². The summed E-state index contributed by atoms with van der Waals surface area (Å²) in [5.74, 6) is 0.0121. The van der Waals surface area contributed by atoms with Crippen molar-refractivity contribution in [3.8, 4) is 0 Å². The van der Waals surface area contributed by atoms with Gasteiger partial charge in [0.15, 0.2) is 0 Å². The van der Waals surface area contributed by atoms with Gasteiger partial charge in [-0.1, -0.05) is 102 Å². The van der Waals surface area contributed by atoms with Gasteiger partial charge in [-0.15, -0.1) is 12.4 Å². The van der Waals surface area contributed by atoms with Gasteiger partial charge in [0.1, 0.15) is 0 Å². The first-order chi connectivity index (χ1) is 13.6. The molecule has 5 heteroatoms. The Balaban J connectivity index is 0.00000784. The van der Waals surface area contributed by atoms with E-state index in [9.17, 15) is 4.79 Å². The predicted octanol–water partition coefficient (Wildman–Crippen LogP) is 7.90. The number of carbonyl (C=O) groups is 1. The van der Waals surface area contributed by atoms with E-state index in [1.54, 1.807) is 23.1 Å². The summed E-state index contributed by atoms with van der Waals surface area (Å²) in [7, 11) is 1.86. The molecule has 1 amide bonds. The smallest absolute Gasteiger partial charge is 0.253 e. The van der Waals surface area contributed by atoms with Crippen molar-refractivity contribution in [3.63, 3.8) is 0 Å². The number of nitrogens with zero attached hydrogens (tertiary/aromatic N) is 1. The number of hydrogen-bond donors (Lipinski definition) is 1. The monoisotopic (exact) mass is 444 g/mol. The van der Waals surface area contributed by atoms with E-state index >= 15 is 0 Å². The van der Waals surface area contributed by atoms with Crippen molar-refractivity contribution in [2.75, 3.05) is 19.3 Å². The number of carbonyl (C=O) groups excluding carboxylic acids is 1. The van der Waals surface area contributed by atoms with Gasteiger partial charge in [-0.05, 0) is 24.6 Å². The molecule has 1 aromatic rings. The molecular weight excluding hydrogens is 403 g/mol. The Bertz CT molecular complexity index is 552. The van der Waals surface area contributed by atoms with Crippen molar-refractivity contribution in [1.82, 2.24) is 4.90 Å². The Hall–Kier alpha value is -0.930. The molecule has 168 valence electrons. The maximum atomic E-state index is 12.4. The molecule has 3 nitrogen and oxygen atoms in total. The van der Waals surface area contributed by atoms with Crippen molar-refractivity contribution >= 4 is 35.6 Å². The second kappa shape index (κ2) is 17.9. The average molecular weight is 446 g/mol. The minimum absolute atomic E-state index is 0. The molecule has 1 rings (SSSR count). The predicted molar refractivity (Wildman–Crippen MR) is 130 cm³/mol. The third kappa shape index (κ3) is 13.1. The molecule has 0 saturated carbocycles. The molecule has 0 aliphatic rings. The van der Waals surface area contributed by atoms with Gasteiger partial charge in [0.25, 0.3) is 5.91 Å². The summed E-state index contributed by atoms with van der Waals surface area (Å²) in [6.07, 6.45) is 18.8. The first kappa shape index (κ1) is 28.1. The van der Waals surface area contributed by atoms with Gasteiger partial charge in [0, 0.05) is 19.2 Å². The third-order valence-electron chi connectivity index (χ3n) is 5.44. The summed E-state index contributed by atoms with van der Waals surface area (Å²) in [4.78, 5) is 14.2. The van der Waals surface area contributed by atoms with Crippen LogP contribution in [0, 0.1) is 0 Å². The molecule has 0 spiro atoms. The number of anilines is 1. The fourth-order valence-corrected chi connectivity index (χ4v) is 3.66. The lowest BCUT2D eigenvalue weighted by Crippen LogP contribution is -2.27. The fourth-order valence-electron chi connectivity index (χ4n) is 3.54. The number of benzene rings is 1. The van der Waals surface area contributed by atoms with Gasteiger partial charge >= 0.3 is 0 Å². The van der Waals surface area contributed by atoms with E-state index in [0.29, 0.717) is 16.3 Å². The largest absolute Gasteiger partial charge is 0.398 e. The number of nitrogen functional groups attached to an aromatic ring is 1. The van der Waals surface area contributed by atoms with E-state index in [4.69, 9.17) is 17.3 Å². The SMILES string of the molecule is CCCCCCCCCCCCCCCCN(C)C(=O)c1ccc(Cl)c(N)c1.Cl. The molecule has 0 bridgehead atoms. The summed E-state index contributed by atoms with van der Waals surface area (Å²) >= 11 is 5.92. The highest BCUT2D eigenvalue weighted by molar-refractivity contribution is 6.33. The summed E-state index contributed by atoms with van der Waals surface area (Å²) in [6.45, 7) is 3.06. The van der Waals surface area contributed by atoms with E-state index in [0.717, 1.165) is 13.0 Å². The minimum atomic E-state index is 0. The number of nitrogens with two attached hydrogens (primary N) is 1. The lowest BCUT2D eigenvalue weighted by molar-refractivity contribution is 0.0792. The molecule has 1 aromatic carbocycles. The van der Waals surface area contributed by atoms with Gasteiger partial charge in [0.2, 0.25) is 0 Å². The van der Waals surface area contributed by atoms with E-state index in [1.165, 1.54) is 83.5 Å². The molecule has 0 unspecified atom stereocenters. The highest BCUT2D eigenvalue weighted by atomic mass is 35.5. The van der Waals surface area contributed by atoms with Crippen LogP contribution in [0.5, 0.6) is 0 Å². The lowest BCUT2D eigenvalue weighted by Gasteiger charge is -2.17. The second-order valence-corrected chi connectivity index (χ2v) is 8.47. The van der Waals surface area contributed by atoms with Crippen molar-refractivity contribution in [3.05, 3.63) is 28.8 Å². The first-order valence-corrected chi connectivity index (χ1v) is 11.7. The average Bonchev–Trinajstić information content (AvgIpc) is 2.69. The molecule has 0 radical (unpaired) electrons.